The summed E-state index contributed by atoms with van der Waals surface area (Å²) >= 11 is 12.6. The van der Waals surface area contributed by atoms with Gasteiger partial charge in [-0.2, -0.15) is 0 Å². The number of hydrogen-bond acceptors (Lipinski definition) is 5. The van der Waals surface area contributed by atoms with Crippen LogP contribution in [0.15, 0.2) is 30.3 Å². The monoisotopic (exact) mass is 465 g/mol. The summed E-state index contributed by atoms with van der Waals surface area (Å²) in [5.74, 6) is 0.895. The highest BCUT2D eigenvalue weighted by Gasteiger charge is 2.21. The SMILES string of the molecule is COc1cc(C(=O)Nc2cc(Cl)ccc2N2CCN(C)CC2)cc(Cl)c1OCC(C)C. The fourth-order valence-electron chi connectivity index (χ4n) is 3.37. The van der Waals surface area contributed by atoms with Crippen molar-refractivity contribution in [2.24, 2.45) is 5.92 Å². The van der Waals surface area contributed by atoms with Crippen LogP contribution in [0.1, 0.15) is 24.2 Å². The number of amides is 1. The van der Waals surface area contributed by atoms with Crippen LogP contribution in [0.2, 0.25) is 10.0 Å². The van der Waals surface area contributed by atoms with E-state index in [9.17, 15) is 4.79 Å². The van der Waals surface area contributed by atoms with Crippen LogP contribution in [-0.2, 0) is 0 Å². The highest BCUT2D eigenvalue weighted by Crippen LogP contribution is 2.37. The molecule has 1 heterocycles. The van der Waals surface area contributed by atoms with Gasteiger partial charge in [0.1, 0.15) is 0 Å². The maximum Gasteiger partial charge on any atom is 0.255 e. The van der Waals surface area contributed by atoms with Crippen molar-refractivity contribution in [3.63, 3.8) is 0 Å². The second-order valence-corrected chi connectivity index (χ2v) is 8.94. The number of halogens is 2. The Labute approximate surface area is 194 Å². The van der Waals surface area contributed by atoms with Crippen LogP contribution in [0.5, 0.6) is 11.5 Å². The molecular weight excluding hydrogens is 437 g/mol. The maximum absolute atomic E-state index is 13.1. The molecule has 6 nitrogen and oxygen atoms in total. The fourth-order valence-corrected chi connectivity index (χ4v) is 3.80. The first-order valence-electron chi connectivity index (χ1n) is 10.3. The Hall–Kier alpha value is -2.15. The molecule has 1 N–H and O–H groups in total. The average molecular weight is 466 g/mol. The Balaban J connectivity index is 1.84. The molecule has 1 aliphatic heterocycles. The molecule has 3 rings (SSSR count). The Kier molecular flexibility index (Phi) is 7.92. The van der Waals surface area contributed by atoms with E-state index >= 15 is 0 Å². The molecule has 0 atom stereocenters. The van der Waals surface area contributed by atoms with Crippen LogP contribution in [0.3, 0.4) is 0 Å². The molecule has 2 aromatic rings. The molecule has 1 aliphatic rings. The van der Waals surface area contributed by atoms with Gasteiger partial charge in [0.2, 0.25) is 0 Å². The van der Waals surface area contributed by atoms with Crippen LogP contribution in [0, 0.1) is 5.92 Å². The Morgan fingerprint density at radius 2 is 1.84 bits per heavy atom. The third kappa shape index (κ3) is 5.97. The number of carbonyl (C=O) groups excluding carboxylic acids is 1. The zero-order valence-corrected chi connectivity index (χ0v) is 19.9. The molecule has 0 aromatic heterocycles. The minimum absolute atomic E-state index is 0.298. The van der Waals surface area contributed by atoms with Crippen molar-refractivity contribution in [2.45, 2.75) is 13.8 Å². The summed E-state index contributed by atoms with van der Waals surface area (Å²) in [7, 11) is 3.63. The fraction of sp³-hybridized carbons (Fsp3) is 0.435. The summed E-state index contributed by atoms with van der Waals surface area (Å²) in [6.45, 7) is 8.27. The first-order chi connectivity index (χ1) is 14.8. The number of rotatable bonds is 7. The Morgan fingerprint density at radius 3 is 2.48 bits per heavy atom. The summed E-state index contributed by atoms with van der Waals surface area (Å²) in [4.78, 5) is 17.6. The average Bonchev–Trinajstić information content (AvgIpc) is 2.73. The van der Waals surface area contributed by atoms with E-state index in [0.29, 0.717) is 45.3 Å². The first kappa shape index (κ1) is 23.5. The number of nitrogens with one attached hydrogen (secondary N) is 1. The number of carbonyl (C=O) groups is 1. The lowest BCUT2D eigenvalue weighted by atomic mass is 10.1. The van der Waals surface area contributed by atoms with Gasteiger partial charge in [0.25, 0.3) is 5.91 Å². The van der Waals surface area contributed by atoms with E-state index in [1.54, 1.807) is 18.2 Å². The third-order valence-electron chi connectivity index (χ3n) is 5.10. The quantitative estimate of drug-likeness (QED) is 0.620. The van der Waals surface area contributed by atoms with Crippen molar-refractivity contribution >= 4 is 40.5 Å². The molecule has 1 fully saturated rings. The third-order valence-corrected chi connectivity index (χ3v) is 5.62. The summed E-state index contributed by atoms with van der Waals surface area (Å²) in [6, 6.07) is 8.78. The van der Waals surface area contributed by atoms with Gasteiger partial charge < -0.3 is 24.6 Å². The van der Waals surface area contributed by atoms with Gasteiger partial charge in [-0.25, -0.2) is 0 Å². The number of piperazine rings is 1. The summed E-state index contributed by atoms with van der Waals surface area (Å²) in [5.41, 5.74) is 1.99. The molecule has 0 radical (unpaired) electrons. The van der Waals surface area contributed by atoms with E-state index < -0.39 is 0 Å². The topological polar surface area (TPSA) is 54.0 Å². The lowest BCUT2D eigenvalue weighted by molar-refractivity contribution is 0.102. The lowest BCUT2D eigenvalue weighted by Crippen LogP contribution is -2.44. The highest BCUT2D eigenvalue weighted by atomic mass is 35.5. The van der Waals surface area contributed by atoms with E-state index in [-0.39, 0.29) is 5.91 Å². The highest BCUT2D eigenvalue weighted by molar-refractivity contribution is 6.33. The van der Waals surface area contributed by atoms with Gasteiger partial charge in [0.15, 0.2) is 11.5 Å². The molecule has 168 valence electrons. The molecule has 0 aliphatic carbocycles. The zero-order chi connectivity index (χ0) is 22.5. The van der Waals surface area contributed by atoms with Crippen LogP contribution < -0.4 is 19.7 Å². The first-order valence-corrected chi connectivity index (χ1v) is 11.1. The lowest BCUT2D eigenvalue weighted by Gasteiger charge is -2.35. The van der Waals surface area contributed by atoms with E-state index in [4.69, 9.17) is 32.7 Å². The van der Waals surface area contributed by atoms with E-state index in [1.165, 1.54) is 7.11 Å². The summed E-state index contributed by atoms with van der Waals surface area (Å²) < 4.78 is 11.2. The van der Waals surface area contributed by atoms with Gasteiger partial charge in [0, 0.05) is 36.8 Å². The van der Waals surface area contributed by atoms with Crippen molar-refractivity contribution in [1.29, 1.82) is 0 Å². The number of nitrogens with zero attached hydrogens (tertiary/aromatic N) is 2. The molecule has 31 heavy (non-hydrogen) atoms. The van der Waals surface area contributed by atoms with Crippen molar-refractivity contribution in [2.75, 3.05) is 57.2 Å². The number of methoxy groups -OCH3 is 1. The van der Waals surface area contributed by atoms with Crippen LogP contribution in [0.25, 0.3) is 0 Å². The van der Waals surface area contributed by atoms with Crippen LogP contribution in [-0.4, -0.2) is 57.8 Å². The number of hydrogen-bond donors (Lipinski definition) is 1. The number of benzene rings is 2. The van der Waals surface area contributed by atoms with Gasteiger partial charge in [-0.15, -0.1) is 0 Å². The standard InChI is InChI=1S/C23H29Cl2N3O3/c1-15(2)14-31-22-18(25)11-16(12-21(22)30-4)23(29)26-19-13-17(24)5-6-20(19)28-9-7-27(3)8-10-28/h5-6,11-13,15H,7-10,14H2,1-4H3,(H,26,29). The van der Waals surface area contributed by atoms with E-state index in [1.807, 2.05) is 26.0 Å². The molecule has 0 spiro atoms. The second-order valence-electron chi connectivity index (χ2n) is 8.10. The molecule has 0 saturated carbocycles. The van der Waals surface area contributed by atoms with Gasteiger partial charge in [-0.3, -0.25) is 4.79 Å². The number of likely N-dealkylation sites (N-methyl/N-ethyl adjacent to an activating group) is 1. The molecule has 2 aromatic carbocycles. The van der Waals surface area contributed by atoms with Crippen LogP contribution >= 0.6 is 23.2 Å². The molecule has 1 saturated heterocycles. The molecule has 0 unspecified atom stereocenters. The smallest absolute Gasteiger partial charge is 0.255 e. The van der Waals surface area contributed by atoms with Gasteiger partial charge in [-0.1, -0.05) is 37.0 Å². The molecule has 0 bridgehead atoms. The maximum atomic E-state index is 13.1. The molecular formula is C23H29Cl2N3O3. The zero-order valence-electron chi connectivity index (χ0n) is 18.4. The van der Waals surface area contributed by atoms with Crippen molar-refractivity contribution in [1.82, 2.24) is 4.90 Å². The predicted octanol–water partition coefficient (Wildman–Crippen LogP) is 5.04. The number of ether oxygens (including phenoxy) is 2. The van der Waals surface area contributed by atoms with E-state index in [0.717, 1.165) is 31.9 Å². The van der Waals surface area contributed by atoms with Crippen LogP contribution in [0.4, 0.5) is 11.4 Å². The van der Waals surface area contributed by atoms with Gasteiger partial charge in [-0.05, 0) is 43.3 Å². The molecule has 1 amide bonds. The predicted molar refractivity (Wildman–Crippen MR) is 127 cm³/mol. The molecule has 8 heteroatoms. The largest absolute Gasteiger partial charge is 0.493 e. The number of anilines is 2. The minimum Gasteiger partial charge on any atom is -0.493 e. The normalized spacial score (nSPS) is 14.6. The van der Waals surface area contributed by atoms with E-state index in [2.05, 4.69) is 22.2 Å². The van der Waals surface area contributed by atoms with Crippen molar-refractivity contribution in [3.8, 4) is 11.5 Å². The van der Waals surface area contributed by atoms with Gasteiger partial charge in [0.05, 0.1) is 30.1 Å². The second kappa shape index (κ2) is 10.4. The van der Waals surface area contributed by atoms with Gasteiger partial charge >= 0.3 is 0 Å². The Bertz CT molecular complexity index is 929. The summed E-state index contributed by atoms with van der Waals surface area (Å²) in [6.07, 6.45) is 0. The van der Waals surface area contributed by atoms with Crippen molar-refractivity contribution < 1.29 is 14.3 Å². The van der Waals surface area contributed by atoms with Crippen molar-refractivity contribution in [3.05, 3.63) is 45.9 Å². The Morgan fingerprint density at radius 1 is 1.13 bits per heavy atom. The minimum atomic E-state index is -0.298. The summed E-state index contributed by atoms with van der Waals surface area (Å²) in [5, 5.41) is 3.88.